The average Bonchev–Trinajstić information content (AvgIpc) is 3.08. The molecule has 2 N–H and O–H groups in total. The number of rotatable bonds is 7. The summed E-state index contributed by atoms with van der Waals surface area (Å²) in [7, 11) is 1.68. The number of aromatic nitrogens is 2. The van der Waals surface area contributed by atoms with Crippen LogP contribution in [-0.4, -0.2) is 65.7 Å². The number of ether oxygens (including phenoxy) is 1. The van der Waals surface area contributed by atoms with Crippen LogP contribution in [-0.2, 0) is 11.8 Å². The molecular weight excluding hydrogens is 568 g/mol. The molecule has 0 aliphatic carbocycles. The third-order valence-corrected chi connectivity index (χ3v) is 8.47. The molecule has 10 nitrogen and oxygen atoms in total. The van der Waals surface area contributed by atoms with E-state index in [2.05, 4.69) is 20.5 Å². The van der Waals surface area contributed by atoms with E-state index < -0.39 is 0 Å². The standard InChI is InChI=1S/C35H38N6O4/c1-24-29(7-6-8-30(24)38-33(42)25-11-15-28(16-12-25)40-17-4-3-5-18-40)31-23-39(2)35(44)32(37-31)36-27-13-9-26(10-14-27)34(43)41-19-21-45-22-20-41/h6-16,23H,3-5,17-22H2,1-2H3,(H,36,37)(H,38,42). The number of hydrogen-bond acceptors (Lipinski definition) is 7. The Morgan fingerprint density at radius 1 is 0.844 bits per heavy atom. The lowest BCUT2D eigenvalue weighted by atomic mass is 10.0. The van der Waals surface area contributed by atoms with Gasteiger partial charge >= 0.3 is 0 Å². The fraction of sp³-hybridized carbons (Fsp3) is 0.314. The van der Waals surface area contributed by atoms with Gasteiger partial charge in [-0.3, -0.25) is 14.4 Å². The van der Waals surface area contributed by atoms with E-state index in [0.717, 1.165) is 29.9 Å². The Kier molecular flexibility index (Phi) is 8.93. The Bertz CT molecular complexity index is 1740. The molecule has 0 atom stereocenters. The Balaban J connectivity index is 1.18. The number of nitrogens with zero attached hydrogens (tertiary/aromatic N) is 4. The molecule has 2 aliphatic heterocycles. The largest absolute Gasteiger partial charge is 0.378 e. The van der Waals surface area contributed by atoms with Crippen molar-refractivity contribution in [1.82, 2.24) is 14.5 Å². The lowest BCUT2D eigenvalue weighted by molar-refractivity contribution is 0.0303. The highest BCUT2D eigenvalue weighted by Gasteiger charge is 2.19. The number of amides is 2. The number of nitrogens with one attached hydrogen (secondary N) is 2. The summed E-state index contributed by atoms with van der Waals surface area (Å²) in [5.74, 6) is -0.0746. The van der Waals surface area contributed by atoms with Gasteiger partial charge in [0.15, 0.2) is 5.82 Å². The molecule has 10 heteroatoms. The lowest BCUT2D eigenvalue weighted by Crippen LogP contribution is -2.40. The van der Waals surface area contributed by atoms with Gasteiger partial charge in [0.25, 0.3) is 17.4 Å². The summed E-state index contributed by atoms with van der Waals surface area (Å²) in [5, 5.41) is 6.17. The maximum atomic E-state index is 13.2. The smallest absolute Gasteiger partial charge is 0.293 e. The van der Waals surface area contributed by atoms with Gasteiger partial charge in [-0.1, -0.05) is 12.1 Å². The molecule has 45 heavy (non-hydrogen) atoms. The zero-order valence-electron chi connectivity index (χ0n) is 25.7. The van der Waals surface area contributed by atoms with Gasteiger partial charge in [-0.15, -0.1) is 0 Å². The summed E-state index contributed by atoms with van der Waals surface area (Å²) in [6, 6.07) is 20.4. The summed E-state index contributed by atoms with van der Waals surface area (Å²) in [5.41, 5.74) is 5.53. The summed E-state index contributed by atoms with van der Waals surface area (Å²) in [4.78, 5) is 47.8. The van der Waals surface area contributed by atoms with Crippen LogP contribution in [0.2, 0.25) is 0 Å². The number of piperidine rings is 1. The summed E-state index contributed by atoms with van der Waals surface area (Å²) < 4.78 is 6.82. The molecule has 2 saturated heterocycles. The first-order chi connectivity index (χ1) is 21.9. The number of carbonyl (C=O) groups excluding carboxylic acids is 2. The fourth-order valence-electron chi connectivity index (χ4n) is 5.82. The van der Waals surface area contributed by atoms with Crippen molar-refractivity contribution in [2.75, 3.05) is 54.9 Å². The van der Waals surface area contributed by atoms with Crippen LogP contribution in [0.5, 0.6) is 0 Å². The lowest BCUT2D eigenvalue weighted by Gasteiger charge is -2.28. The first-order valence-corrected chi connectivity index (χ1v) is 15.5. The van der Waals surface area contributed by atoms with E-state index in [9.17, 15) is 14.4 Å². The van der Waals surface area contributed by atoms with E-state index in [1.54, 1.807) is 42.4 Å². The van der Waals surface area contributed by atoms with Crippen LogP contribution >= 0.6 is 0 Å². The highest BCUT2D eigenvalue weighted by molar-refractivity contribution is 6.05. The second kappa shape index (κ2) is 13.4. The highest BCUT2D eigenvalue weighted by Crippen LogP contribution is 2.29. The van der Waals surface area contributed by atoms with Crippen LogP contribution in [0.4, 0.5) is 22.9 Å². The highest BCUT2D eigenvalue weighted by atomic mass is 16.5. The molecular formula is C35H38N6O4. The summed E-state index contributed by atoms with van der Waals surface area (Å²) >= 11 is 0. The third kappa shape index (κ3) is 6.76. The minimum absolute atomic E-state index is 0.0437. The van der Waals surface area contributed by atoms with Gasteiger partial charge in [-0.05, 0) is 86.3 Å². The molecule has 2 amide bonds. The predicted molar refractivity (Wildman–Crippen MR) is 177 cm³/mol. The second-order valence-corrected chi connectivity index (χ2v) is 11.5. The Hall–Kier alpha value is -4.96. The molecule has 0 bridgehead atoms. The fourth-order valence-corrected chi connectivity index (χ4v) is 5.82. The predicted octanol–water partition coefficient (Wildman–Crippen LogP) is 5.21. The molecule has 3 aromatic carbocycles. The number of hydrogen-bond donors (Lipinski definition) is 2. The molecule has 0 unspecified atom stereocenters. The van der Waals surface area contributed by atoms with E-state index in [1.165, 1.54) is 23.8 Å². The summed E-state index contributed by atoms with van der Waals surface area (Å²) in [6.45, 7) is 6.25. The van der Waals surface area contributed by atoms with Crippen molar-refractivity contribution in [2.45, 2.75) is 26.2 Å². The molecule has 232 valence electrons. The minimum atomic E-state index is -0.290. The van der Waals surface area contributed by atoms with E-state index >= 15 is 0 Å². The maximum absolute atomic E-state index is 13.2. The zero-order valence-corrected chi connectivity index (χ0v) is 25.7. The molecule has 2 fully saturated rings. The van der Waals surface area contributed by atoms with Gasteiger partial charge in [0, 0.05) is 73.2 Å². The van der Waals surface area contributed by atoms with Crippen LogP contribution in [0.15, 0.2) is 77.7 Å². The second-order valence-electron chi connectivity index (χ2n) is 11.5. The average molecular weight is 607 g/mol. The molecule has 2 aliphatic rings. The van der Waals surface area contributed by atoms with Gasteiger partial charge in [0.2, 0.25) is 0 Å². The van der Waals surface area contributed by atoms with Crippen LogP contribution in [0, 0.1) is 6.92 Å². The first-order valence-electron chi connectivity index (χ1n) is 15.5. The number of benzene rings is 3. The van der Waals surface area contributed by atoms with Crippen LogP contribution in [0.25, 0.3) is 11.3 Å². The SMILES string of the molecule is Cc1c(NC(=O)c2ccc(N3CCCCC3)cc2)cccc1-c1cn(C)c(=O)c(Nc2ccc(C(=O)N3CCOCC3)cc2)n1. The van der Waals surface area contributed by atoms with E-state index in [-0.39, 0.29) is 23.2 Å². The molecule has 6 rings (SSSR count). The van der Waals surface area contributed by atoms with Gasteiger partial charge in [-0.25, -0.2) is 4.98 Å². The van der Waals surface area contributed by atoms with E-state index in [1.807, 2.05) is 49.4 Å². The summed E-state index contributed by atoms with van der Waals surface area (Å²) in [6.07, 6.45) is 5.36. The van der Waals surface area contributed by atoms with Gasteiger partial charge in [-0.2, -0.15) is 0 Å². The van der Waals surface area contributed by atoms with Crippen molar-refractivity contribution < 1.29 is 14.3 Å². The van der Waals surface area contributed by atoms with Crippen molar-refractivity contribution in [1.29, 1.82) is 0 Å². The monoisotopic (exact) mass is 606 g/mol. The normalized spacial score (nSPS) is 15.1. The quantitative estimate of drug-likeness (QED) is 0.297. The van der Waals surface area contributed by atoms with Gasteiger partial charge in [0.05, 0.1) is 18.9 Å². The van der Waals surface area contributed by atoms with Crippen molar-refractivity contribution in [3.63, 3.8) is 0 Å². The molecule has 3 heterocycles. The first kappa shape index (κ1) is 30.1. The van der Waals surface area contributed by atoms with Crippen LogP contribution in [0.1, 0.15) is 45.5 Å². The zero-order chi connectivity index (χ0) is 31.3. The van der Waals surface area contributed by atoms with Crippen LogP contribution in [0.3, 0.4) is 0 Å². The Morgan fingerprint density at radius 2 is 1.53 bits per heavy atom. The van der Waals surface area contributed by atoms with Gasteiger partial charge < -0.3 is 29.7 Å². The molecule has 0 spiro atoms. The van der Waals surface area contributed by atoms with Gasteiger partial charge in [0.1, 0.15) is 0 Å². The number of aryl methyl sites for hydroxylation is 1. The Labute approximate surface area is 262 Å². The maximum Gasteiger partial charge on any atom is 0.293 e. The molecule has 0 saturated carbocycles. The minimum Gasteiger partial charge on any atom is -0.378 e. The van der Waals surface area contributed by atoms with E-state index in [4.69, 9.17) is 4.74 Å². The Morgan fingerprint density at radius 3 is 2.24 bits per heavy atom. The van der Waals surface area contributed by atoms with Crippen LogP contribution < -0.4 is 21.1 Å². The number of anilines is 4. The van der Waals surface area contributed by atoms with Crippen molar-refractivity contribution >= 4 is 34.7 Å². The van der Waals surface area contributed by atoms with Crippen molar-refractivity contribution in [3.05, 3.63) is 100.0 Å². The third-order valence-electron chi connectivity index (χ3n) is 8.47. The number of carbonyl (C=O) groups is 2. The van der Waals surface area contributed by atoms with Crippen molar-refractivity contribution in [2.24, 2.45) is 7.05 Å². The number of morpholine rings is 1. The molecule has 1 aromatic heterocycles. The molecule has 0 radical (unpaired) electrons. The molecule has 4 aromatic rings. The van der Waals surface area contributed by atoms with Crippen molar-refractivity contribution in [3.8, 4) is 11.3 Å². The topological polar surface area (TPSA) is 109 Å². The van der Waals surface area contributed by atoms with E-state index in [0.29, 0.717) is 54.5 Å².